The van der Waals surface area contributed by atoms with Crippen molar-refractivity contribution in [2.24, 2.45) is 0 Å². The summed E-state index contributed by atoms with van der Waals surface area (Å²) in [5.41, 5.74) is 1.07. The molecule has 4 heteroatoms. The molecule has 0 aliphatic carbocycles. The van der Waals surface area contributed by atoms with Crippen LogP contribution in [0.15, 0.2) is 48.7 Å². The van der Waals surface area contributed by atoms with Crippen LogP contribution in [0.25, 0.3) is 10.8 Å². The van der Waals surface area contributed by atoms with Gasteiger partial charge >= 0.3 is 0 Å². The van der Waals surface area contributed by atoms with Crippen LogP contribution in [0.4, 0.5) is 0 Å². The normalized spacial score (nSPS) is 12.8. The molecule has 3 aromatic rings. The molecule has 1 heterocycles. The summed E-state index contributed by atoms with van der Waals surface area (Å²) in [4.78, 5) is 0. The van der Waals surface area contributed by atoms with Crippen molar-refractivity contribution in [2.75, 3.05) is 0 Å². The molecular weight excluding hydrogens is 293 g/mol. The number of rotatable bonds is 2. The molecule has 0 amide bonds. The second kappa shape index (κ2) is 5.04. The minimum absolute atomic E-state index is 0.00395. The van der Waals surface area contributed by atoms with Crippen molar-refractivity contribution in [1.82, 2.24) is 4.57 Å². The second-order valence-corrected chi connectivity index (χ2v) is 5.64. The number of aromatic hydroxyl groups is 1. The van der Waals surface area contributed by atoms with Gasteiger partial charge in [0.1, 0.15) is 0 Å². The van der Waals surface area contributed by atoms with Gasteiger partial charge in [-0.3, -0.25) is 0 Å². The van der Waals surface area contributed by atoms with Crippen LogP contribution in [0.2, 0.25) is 10.0 Å². The molecule has 0 bridgehead atoms. The van der Waals surface area contributed by atoms with Crippen LogP contribution in [0.5, 0.6) is 5.88 Å². The Kier molecular flexibility index (Phi) is 3.36. The molecule has 0 radical (unpaired) electrons. The summed E-state index contributed by atoms with van der Waals surface area (Å²) >= 11 is 12.1. The van der Waals surface area contributed by atoms with Crippen molar-refractivity contribution in [3.8, 4) is 5.88 Å². The summed E-state index contributed by atoms with van der Waals surface area (Å²) in [6.07, 6.45) is 1.91. The summed E-state index contributed by atoms with van der Waals surface area (Å²) in [5, 5.41) is 13.3. The van der Waals surface area contributed by atoms with E-state index in [4.69, 9.17) is 23.2 Å². The van der Waals surface area contributed by atoms with Crippen molar-refractivity contribution in [2.45, 2.75) is 13.0 Å². The Morgan fingerprint density at radius 1 is 1.05 bits per heavy atom. The van der Waals surface area contributed by atoms with Gasteiger partial charge in [0.05, 0.1) is 16.5 Å². The van der Waals surface area contributed by atoms with Crippen LogP contribution in [-0.2, 0) is 0 Å². The standard InChI is InChI=1S/C16H13Cl2NO/c1-10(11-5-7-13(17)8-6-11)19-9-12-3-2-4-14(18)15(12)16(19)20/h2-10,20H,1H3/t10-/m1/s1. The number of aromatic nitrogens is 1. The topological polar surface area (TPSA) is 25.2 Å². The van der Waals surface area contributed by atoms with Crippen LogP contribution < -0.4 is 0 Å². The molecule has 1 aromatic heterocycles. The summed E-state index contributed by atoms with van der Waals surface area (Å²) in [5.74, 6) is 0.188. The van der Waals surface area contributed by atoms with E-state index in [2.05, 4.69) is 0 Å². The van der Waals surface area contributed by atoms with Gasteiger partial charge in [-0.25, -0.2) is 0 Å². The van der Waals surface area contributed by atoms with Gasteiger partial charge in [0, 0.05) is 16.6 Å². The molecule has 3 rings (SSSR count). The predicted octanol–water partition coefficient (Wildman–Crippen LogP) is 5.26. The maximum atomic E-state index is 10.4. The first-order chi connectivity index (χ1) is 9.58. The maximum Gasteiger partial charge on any atom is 0.201 e. The zero-order chi connectivity index (χ0) is 14.3. The highest BCUT2D eigenvalue weighted by Gasteiger charge is 2.16. The van der Waals surface area contributed by atoms with Crippen LogP contribution in [0.3, 0.4) is 0 Å². The van der Waals surface area contributed by atoms with E-state index in [1.807, 2.05) is 54.1 Å². The molecule has 0 fully saturated rings. The van der Waals surface area contributed by atoms with Gasteiger partial charge in [0.15, 0.2) is 0 Å². The Morgan fingerprint density at radius 3 is 2.40 bits per heavy atom. The third kappa shape index (κ3) is 2.15. The molecule has 0 spiro atoms. The largest absolute Gasteiger partial charge is 0.494 e. The highest BCUT2D eigenvalue weighted by Crippen LogP contribution is 2.36. The van der Waals surface area contributed by atoms with Crippen LogP contribution in [0, 0.1) is 0 Å². The molecule has 0 saturated carbocycles. The lowest BCUT2D eigenvalue weighted by atomic mass is 10.1. The van der Waals surface area contributed by atoms with Crippen molar-refractivity contribution >= 4 is 34.0 Å². The predicted molar refractivity (Wildman–Crippen MR) is 83.9 cm³/mol. The van der Waals surface area contributed by atoms with E-state index in [0.29, 0.717) is 15.4 Å². The summed E-state index contributed by atoms with van der Waals surface area (Å²) < 4.78 is 1.82. The molecule has 1 atom stereocenters. The third-order valence-corrected chi connectivity index (χ3v) is 4.13. The number of hydrogen-bond donors (Lipinski definition) is 1. The van der Waals surface area contributed by atoms with E-state index in [-0.39, 0.29) is 11.9 Å². The van der Waals surface area contributed by atoms with Gasteiger partial charge in [-0.1, -0.05) is 47.5 Å². The molecule has 2 aromatic carbocycles. The van der Waals surface area contributed by atoms with Gasteiger partial charge in [0.25, 0.3) is 0 Å². The maximum absolute atomic E-state index is 10.4. The number of benzene rings is 2. The van der Waals surface area contributed by atoms with Gasteiger partial charge in [0.2, 0.25) is 5.88 Å². The van der Waals surface area contributed by atoms with E-state index >= 15 is 0 Å². The smallest absolute Gasteiger partial charge is 0.201 e. The fourth-order valence-electron chi connectivity index (χ4n) is 2.42. The molecule has 1 N–H and O–H groups in total. The minimum atomic E-state index is -0.00395. The number of nitrogens with zero attached hydrogens (tertiary/aromatic N) is 1. The summed E-state index contributed by atoms with van der Waals surface area (Å²) in [6.45, 7) is 2.02. The third-order valence-electron chi connectivity index (χ3n) is 3.56. The molecule has 2 nitrogen and oxygen atoms in total. The highest BCUT2D eigenvalue weighted by atomic mass is 35.5. The number of fused-ring (bicyclic) bond motifs is 1. The van der Waals surface area contributed by atoms with Crippen molar-refractivity contribution in [3.05, 3.63) is 64.3 Å². The van der Waals surface area contributed by atoms with Gasteiger partial charge in [-0.15, -0.1) is 0 Å². The van der Waals surface area contributed by atoms with Crippen LogP contribution in [-0.4, -0.2) is 9.67 Å². The zero-order valence-corrected chi connectivity index (χ0v) is 12.4. The first-order valence-corrected chi connectivity index (χ1v) is 7.07. The van der Waals surface area contributed by atoms with Gasteiger partial charge in [-0.2, -0.15) is 0 Å². The minimum Gasteiger partial charge on any atom is -0.494 e. The van der Waals surface area contributed by atoms with Gasteiger partial charge < -0.3 is 9.67 Å². The average molecular weight is 306 g/mol. The summed E-state index contributed by atoms with van der Waals surface area (Å²) in [6, 6.07) is 13.2. The molecule has 20 heavy (non-hydrogen) atoms. The number of halogens is 2. The molecule has 0 saturated heterocycles. The van der Waals surface area contributed by atoms with Gasteiger partial charge in [-0.05, 0) is 30.7 Å². The number of hydrogen-bond acceptors (Lipinski definition) is 1. The van der Waals surface area contributed by atoms with Crippen molar-refractivity contribution in [1.29, 1.82) is 0 Å². The molecule has 0 aliphatic heterocycles. The van der Waals surface area contributed by atoms with Crippen LogP contribution in [0.1, 0.15) is 18.5 Å². The Morgan fingerprint density at radius 2 is 1.75 bits per heavy atom. The lowest BCUT2D eigenvalue weighted by molar-refractivity contribution is 0.412. The first kappa shape index (κ1) is 13.3. The molecule has 0 unspecified atom stereocenters. The first-order valence-electron chi connectivity index (χ1n) is 6.31. The fraction of sp³-hybridized carbons (Fsp3) is 0.125. The molecule has 102 valence electrons. The van der Waals surface area contributed by atoms with Crippen molar-refractivity contribution < 1.29 is 5.11 Å². The van der Waals surface area contributed by atoms with E-state index in [1.165, 1.54) is 0 Å². The Bertz CT molecular complexity index is 762. The lowest BCUT2D eigenvalue weighted by Gasteiger charge is -2.15. The van der Waals surface area contributed by atoms with E-state index in [1.54, 1.807) is 6.07 Å². The van der Waals surface area contributed by atoms with E-state index < -0.39 is 0 Å². The molecular formula is C16H13Cl2NO. The highest BCUT2D eigenvalue weighted by molar-refractivity contribution is 6.36. The average Bonchev–Trinajstić information content (AvgIpc) is 2.77. The second-order valence-electron chi connectivity index (χ2n) is 4.79. The van der Waals surface area contributed by atoms with Crippen molar-refractivity contribution in [3.63, 3.8) is 0 Å². The summed E-state index contributed by atoms with van der Waals surface area (Å²) in [7, 11) is 0. The zero-order valence-electron chi connectivity index (χ0n) is 10.8. The Labute approximate surface area is 127 Å². The Balaban J connectivity index is 2.12. The SMILES string of the molecule is C[C@H](c1ccc(Cl)cc1)n1cc2cccc(Cl)c2c1O. The fourth-order valence-corrected chi connectivity index (χ4v) is 2.81. The Hall–Kier alpha value is -1.64. The van der Waals surface area contributed by atoms with Crippen LogP contribution >= 0.6 is 23.2 Å². The monoisotopic (exact) mass is 305 g/mol. The quantitative estimate of drug-likeness (QED) is 0.686. The van der Waals surface area contributed by atoms with E-state index in [0.717, 1.165) is 10.9 Å². The molecule has 0 aliphatic rings. The van der Waals surface area contributed by atoms with E-state index in [9.17, 15) is 5.11 Å². The lowest BCUT2D eigenvalue weighted by Crippen LogP contribution is -2.04.